The molecule has 2 rings (SSSR count). The van der Waals surface area contributed by atoms with Crippen LogP contribution in [0.25, 0.3) is 0 Å². The van der Waals surface area contributed by atoms with Crippen LogP contribution < -0.4 is 9.47 Å². The lowest BCUT2D eigenvalue weighted by Gasteiger charge is -2.21. The maximum absolute atomic E-state index is 14.2. The summed E-state index contributed by atoms with van der Waals surface area (Å²) in [4.78, 5) is 0. The van der Waals surface area contributed by atoms with Gasteiger partial charge in [-0.1, -0.05) is 13.8 Å². The van der Waals surface area contributed by atoms with Crippen LogP contribution >= 0.6 is 0 Å². The van der Waals surface area contributed by atoms with Crippen LogP contribution in [-0.4, -0.2) is 6.36 Å². The minimum Gasteiger partial charge on any atom is -0.429 e. The van der Waals surface area contributed by atoms with Crippen molar-refractivity contribution < 1.29 is 49.0 Å². The van der Waals surface area contributed by atoms with Gasteiger partial charge in [0.15, 0.2) is 11.6 Å². The molecule has 0 spiro atoms. The molecule has 2 aromatic rings. The first-order valence-corrected chi connectivity index (χ1v) is 7.52. The molecule has 0 atom stereocenters. The Balaban J connectivity index is 2.40. The molecule has 28 heavy (non-hydrogen) atoms. The van der Waals surface area contributed by atoms with Crippen LogP contribution in [0.3, 0.4) is 0 Å². The number of rotatable bonds is 5. The standard InChI is InChI=1S/C17H11F9O2/c1-7(2)8-3-10(18)14(11(19)4-8)16(22,23)27-9-5-12(20)15(13(21)6-9)28-17(24,25)26/h3-7H,1-2H3. The molecule has 2 aromatic carbocycles. The van der Waals surface area contributed by atoms with Gasteiger partial charge >= 0.3 is 12.5 Å². The van der Waals surface area contributed by atoms with E-state index >= 15 is 0 Å². The van der Waals surface area contributed by atoms with Gasteiger partial charge in [0, 0.05) is 12.1 Å². The second-order valence-corrected chi connectivity index (χ2v) is 5.90. The average Bonchev–Trinajstić information content (AvgIpc) is 2.48. The molecule has 0 aliphatic rings. The largest absolute Gasteiger partial charge is 0.573 e. The number of halogens is 9. The number of alkyl halides is 5. The van der Waals surface area contributed by atoms with Crippen molar-refractivity contribution in [1.29, 1.82) is 0 Å². The van der Waals surface area contributed by atoms with Gasteiger partial charge in [0.05, 0.1) is 0 Å². The first kappa shape index (κ1) is 21.7. The fourth-order valence-electron chi connectivity index (χ4n) is 2.21. The fourth-order valence-corrected chi connectivity index (χ4v) is 2.21. The van der Waals surface area contributed by atoms with E-state index in [2.05, 4.69) is 9.47 Å². The van der Waals surface area contributed by atoms with Crippen molar-refractivity contribution in [2.24, 2.45) is 0 Å². The summed E-state index contributed by atoms with van der Waals surface area (Å²) < 4.78 is 127. The highest BCUT2D eigenvalue weighted by molar-refractivity contribution is 5.36. The summed E-state index contributed by atoms with van der Waals surface area (Å²) in [5.41, 5.74) is -1.76. The maximum Gasteiger partial charge on any atom is 0.573 e. The molecule has 0 aliphatic carbocycles. The maximum atomic E-state index is 14.2. The molecule has 2 nitrogen and oxygen atoms in total. The van der Waals surface area contributed by atoms with Crippen LogP contribution in [0.4, 0.5) is 39.5 Å². The van der Waals surface area contributed by atoms with Gasteiger partial charge in [-0.25, -0.2) is 17.6 Å². The average molecular weight is 418 g/mol. The van der Waals surface area contributed by atoms with E-state index in [1.165, 1.54) is 0 Å². The molecular formula is C17H11F9O2. The molecule has 0 aromatic heterocycles. The van der Waals surface area contributed by atoms with Gasteiger partial charge in [-0.15, -0.1) is 13.2 Å². The van der Waals surface area contributed by atoms with Gasteiger partial charge in [0.1, 0.15) is 22.9 Å². The molecule has 0 N–H and O–H groups in total. The van der Waals surface area contributed by atoms with Gasteiger partial charge in [-0.3, -0.25) is 0 Å². The summed E-state index contributed by atoms with van der Waals surface area (Å²) in [7, 11) is 0. The van der Waals surface area contributed by atoms with E-state index in [1.807, 2.05) is 0 Å². The van der Waals surface area contributed by atoms with Gasteiger partial charge in [-0.05, 0) is 23.6 Å². The summed E-state index contributed by atoms with van der Waals surface area (Å²) in [5.74, 6) is -11.0. The second-order valence-electron chi connectivity index (χ2n) is 5.90. The SMILES string of the molecule is CC(C)c1cc(F)c(C(F)(F)Oc2cc(F)c(OC(F)(F)F)c(F)c2)c(F)c1. The van der Waals surface area contributed by atoms with Crippen molar-refractivity contribution >= 4 is 0 Å². The van der Waals surface area contributed by atoms with Crippen molar-refractivity contribution in [2.75, 3.05) is 0 Å². The molecule has 0 heterocycles. The molecule has 0 radical (unpaired) electrons. The Morgan fingerprint density at radius 2 is 1.18 bits per heavy atom. The van der Waals surface area contributed by atoms with E-state index < -0.39 is 58.7 Å². The number of ether oxygens (including phenoxy) is 2. The van der Waals surface area contributed by atoms with Crippen molar-refractivity contribution in [3.63, 3.8) is 0 Å². The molecule has 11 heteroatoms. The zero-order chi connectivity index (χ0) is 21.4. The number of hydrogen-bond donors (Lipinski definition) is 0. The summed E-state index contributed by atoms with van der Waals surface area (Å²) in [6, 6.07) is 1.19. The van der Waals surface area contributed by atoms with Crippen LogP contribution in [0.2, 0.25) is 0 Å². The highest BCUT2D eigenvalue weighted by Gasteiger charge is 2.42. The van der Waals surface area contributed by atoms with Crippen molar-refractivity contribution in [1.82, 2.24) is 0 Å². The zero-order valence-corrected chi connectivity index (χ0v) is 14.1. The van der Waals surface area contributed by atoms with Crippen molar-refractivity contribution in [3.05, 3.63) is 58.7 Å². The first-order valence-electron chi connectivity index (χ1n) is 7.52. The Labute approximate surface area is 152 Å². The Bertz CT molecular complexity index is 829. The molecular weight excluding hydrogens is 407 g/mol. The third-order valence-electron chi connectivity index (χ3n) is 3.46. The van der Waals surface area contributed by atoms with Gasteiger partial charge in [-0.2, -0.15) is 8.78 Å². The van der Waals surface area contributed by atoms with Crippen molar-refractivity contribution in [2.45, 2.75) is 32.2 Å². The van der Waals surface area contributed by atoms with E-state index in [0.717, 1.165) is 0 Å². The topological polar surface area (TPSA) is 18.5 Å². The van der Waals surface area contributed by atoms with Crippen LogP contribution in [-0.2, 0) is 6.11 Å². The lowest BCUT2D eigenvalue weighted by Crippen LogP contribution is -2.26. The minimum absolute atomic E-state index is 0.0453. The van der Waals surface area contributed by atoms with E-state index in [-0.39, 0.29) is 17.7 Å². The lowest BCUT2D eigenvalue weighted by atomic mass is 10.0. The molecule has 0 unspecified atom stereocenters. The van der Waals surface area contributed by atoms with E-state index in [1.54, 1.807) is 13.8 Å². The van der Waals surface area contributed by atoms with E-state index in [4.69, 9.17) is 0 Å². The molecule has 154 valence electrons. The summed E-state index contributed by atoms with van der Waals surface area (Å²) >= 11 is 0. The van der Waals surface area contributed by atoms with Crippen LogP contribution in [0.5, 0.6) is 11.5 Å². The predicted octanol–water partition coefficient (Wildman–Crippen LogP) is 6.39. The molecule has 0 bridgehead atoms. The van der Waals surface area contributed by atoms with Crippen molar-refractivity contribution in [3.8, 4) is 11.5 Å². The highest BCUT2D eigenvalue weighted by atomic mass is 19.4. The smallest absolute Gasteiger partial charge is 0.429 e. The van der Waals surface area contributed by atoms with Crippen LogP contribution in [0.15, 0.2) is 24.3 Å². The Hall–Kier alpha value is -2.59. The minimum atomic E-state index is -5.45. The zero-order valence-electron chi connectivity index (χ0n) is 14.1. The monoisotopic (exact) mass is 418 g/mol. The van der Waals surface area contributed by atoms with Gasteiger partial charge in [0.2, 0.25) is 5.75 Å². The Morgan fingerprint density at radius 1 is 0.714 bits per heavy atom. The molecule has 0 fully saturated rings. The predicted molar refractivity (Wildman–Crippen MR) is 78.0 cm³/mol. The van der Waals surface area contributed by atoms with E-state index in [0.29, 0.717) is 12.1 Å². The molecule has 0 amide bonds. The summed E-state index contributed by atoms with van der Waals surface area (Å²) in [6.07, 6.45) is -10.2. The normalized spacial score (nSPS) is 12.4. The Morgan fingerprint density at radius 3 is 1.57 bits per heavy atom. The third kappa shape index (κ3) is 4.82. The summed E-state index contributed by atoms with van der Waals surface area (Å²) in [6.45, 7) is 3.11. The Kier molecular flexibility index (Phi) is 5.77. The van der Waals surface area contributed by atoms with Crippen LogP contribution in [0.1, 0.15) is 30.9 Å². The highest BCUT2D eigenvalue weighted by Crippen LogP contribution is 2.38. The van der Waals surface area contributed by atoms with E-state index in [9.17, 15) is 39.5 Å². The number of benzene rings is 2. The second kappa shape index (κ2) is 7.44. The molecule has 0 saturated carbocycles. The first-order chi connectivity index (χ1) is 12.7. The van der Waals surface area contributed by atoms with Gasteiger partial charge in [0.25, 0.3) is 0 Å². The third-order valence-corrected chi connectivity index (χ3v) is 3.46. The van der Waals surface area contributed by atoms with Crippen LogP contribution in [0, 0.1) is 23.3 Å². The lowest BCUT2D eigenvalue weighted by molar-refractivity contribution is -0.276. The quantitative estimate of drug-likeness (QED) is 0.524. The summed E-state index contributed by atoms with van der Waals surface area (Å²) in [5, 5.41) is 0. The number of hydrogen-bond acceptors (Lipinski definition) is 2. The fraction of sp³-hybridized carbons (Fsp3) is 0.294. The molecule has 0 saturated heterocycles. The van der Waals surface area contributed by atoms with Gasteiger partial charge < -0.3 is 9.47 Å². The molecule has 0 aliphatic heterocycles.